The highest BCUT2D eigenvalue weighted by Gasteiger charge is 2.27. The summed E-state index contributed by atoms with van der Waals surface area (Å²) in [5.74, 6) is 0.790. The van der Waals surface area contributed by atoms with E-state index in [2.05, 4.69) is 63.5 Å². The van der Waals surface area contributed by atoms with Crippen LogP contribution >= 0.6 is 0 Å². The molecule has 0 spiro atoms. The van der Waals surface area contributed by atoms with Crippen molar-refractivity contribution in [3.05, 3.63) is 67.3 Å². The molecule has 0 unspecified atom stereocenters. The van der Waals surface area contributed by atoms with E-state index in [4.69, 9.17) is 5.73 Å². The first-order valence-electron chi connectivity index (χ1n) is 11.0. The number of nitrogen functional groups attached to an aromatic ring is 1. The largest absolute Gasteiger partial charge is 0.383 e. The van der Waals surface area contributed by atoms with E-state index in [1.54, 1.807) is 13.4 Å². The Kier molecular flexibility index (Phi) is 6.22. The summed E-state index contributed by atoms with van der Waals surface area (Å²) in [6.07, 6.45) is 8.07. The van der Waals surface area contributed by atoms with Crippen molar-refractivity contribution < 1.29 is 4.79 Å². The van der Waals surface area contributed by atoms with Crippen molar-refractivity contribution in [3.63, 3.8) is 0 Å². The number of anilines is 1. The number of rotatable bonds is 3. The van der Waals surface area contributed by atoms with E-state index < -0.39 is 0 Å². The molecular weight excluding hydrogens is 412 g/mol. The zero-order chi connectivity index (χ0) is 23.5. The van der Waals surface area contributed by atoms with Crippen molar-refractivity contribution in [2.75, 3.05) is 12.8 Å². The normalized spacial score (nSPS) is 12.7. The van der Waals surface area contributed by atoms with E-state index in [0.717, 1.165) is 46.0 Å². The fraction of sp³-hybridized carbons (Fsp3) is 0.231. The van der Waals surface area contributed by atoms with Crippen molar-refractivity contribution >= 4 is 39.2 Å². The fourth-order valence-electron chi connectivity index (χ4n) is 4.26. The number of nitrogens with zero attached hydrogens (tertiary/aromatic N) is 4. The number of pyridine rings is 1. The second kappa shape index (κ2) is 9.24. The van der Waals surface area contributed by atoms with E-state index in [9.17, 15) is 4.79 Å². The van der Waals surface area contributed by atoms with Gasteiger partial charge in [-0.15, -0.1) is 0 Å². The Hall–Kier alpha value is -4.00. The van der Waals surface area contributed by atoms with Crippen LogP contribution in [0.2, 0.25) is 0 Å². The van der Waals surface area contributed by atoms with Gasteiger partial charge in [-0.3, -0.25) is 9.78 Å². The minimum absolute atomic E-state index is 0.144. The number of hydrogen-bond donors (Lipinski definition) is 2. The maximum Gasteiger partial charge on any atom is 0.243 e. The molecule has 0 bridgehead atoms. The summed E-state index contributed by atoms with van der Waals surface area (Å²) < 4.78 is 2.30. The van der Waals surface area contributed by atoms with Crippen molar-refractivity contribution in [1.82, 2.24) is 24.8 Å². The Balaban J connectivity index is 0.000000385. The maximum absolute atomic E-state index is 9.95. The van der Waals surface area contributed by atoms with Gasteiger partial charge < -0.3 is 15.6 Å². The predicted molar refractivity (Wildman–Crippen MR) is 134 cm³/mol. The number of likely N-dealkylation sites (N-methyl/N-ethyl adjacent to an activating group) is 1. The summed E-state index contributed by atoms with van der Waals surface area (Å²) in [5, 5.41) is 4.40. The smallest absolute Gasteiger partial charge is 0.243 e. The minimum atomic E-state index is -0.144. The average Bonchev–Trinajstić information content (AvgIpc) is 3.19. The van der Waals surface area contributed by atoms with E-state index in [-0.39, 0.29) is 5.91 Å². The highest BCUT2D eigenvalue weighted by atomic mass is 16.1. The quantitative estimate of drug-likeness (QED) is 0.454. The number of nitrogens with two attached hydrogens (primary N) is 1. The van der Waals surface area contributed by atoms with Gasteiger partial charge in [-0.25, -0.2) is 9.97 Å². The first-order valence-corrected chi connectivity index (χ1v) is 11.0. The summed E-state index contributed by atoms with van der Waals surface area (Å²) in [7, 11) is 1.56. The molecule has 33 heavy (non-hydrogen) atoms. The lowest BCUT2D eigenvalue weighted by Crippen LogP contribution is -2.13. The van der Waals surface area contributed by atoms with Crippen molar-refractivity contribution in [2.24, 2.45) is 5.92 Å². The second-order valence-electron chi connectivity index (χ2n) is 8.17. The number of allylic oxidation sites excluding steroid dienone is 2. The Morgan fingerprint density at radius 2 is 2.03 bits per heavy atom. The lowest BCUT2D eigenvalue weighted by molar-refractivity contribution is -0.116. The topological polar surface area (TPSA) is 98.7 Å². The first kappa shape index (κ1) is 22.2. The van der Waals surface area contributed by atoms with Crippen LogP contribution in [0.15, 0.2) is 61.6 Å². The monoisotopic (exact) mass is 440 g/mol. The Morgan fingerprint density at radius 3 is 2.73 bits per heavy atom. The number of carbonyl (C=O) groups is 1. The maximum atomic E-state index is 9.95. The minimum Gasteiger partial charge on any atom is -0.383 e. The van der Waals surface area contributed by atoms with Gasteiger partial charge in [-0.2, -0.15) is 0 Å². The molecular formula is C26H28N6O. The van der Waals surface area contributed by atoms with Crippen LogP contribution < -0.4 is 11.1 Å². The molecule has 1 amide bonds. The number of amides is 1. The van der Waals surface area contributed by atoms with Gasteiger partial charge in [-0.05, 0) is 36.1 Å². The molecule has 4 heterocycles. The third-order valence-electron chi connectivity index (χ3n) is 5.79. The zero-order valence-electron chi connectivity index (χ0n) is 19.2. The summed E-state index contributed by atoms with van der Waals surface area (Å²) in [6, 6.07) is 10.4. The molecule has 1 aliphatic rings. The molecule has 0 saturated carbocycles. The van der Waals surface area contributed by atoms with Gasteiger partial charge >= 0.3 is 0 Å². The molecule has 4 aromatic rings. The zero-order valence-corrected chi connectivity index (χ0v) is 19.2. The van der Waals surface area contributed by atoms with Crippen LogP contribution in [0.4, 0.5) is 5.82 Å². The summed E-state index contributed by atoms with van der Waals surface area (Å²) >= 11 is 0. The SMILES string of the molecule is C=CC(=O)NC.CC(C)C1=CCCn2c1c(-c1cnc3ccccc3c1)c1c(N)ncnc12. The van der Waals surface area contributed by atoms with Gasteiger partial charge in [0.05, 0.1) is 16.6 Å². The van der Waals surface area contributed by atoms with Crippen LogP contribution in [0.5, 0.6) is 0 Å². The highest BCUT2D eigenvalue weighted by Crippen LogP contribution is 2.43. The molecule has 1 aliphatic heterocycles. The third kappa shape index (κ3) is 4.09. The number of aryl methyl sites for hydroxylation is 1. The average molecular weight is 441 g/mol. The molecule has 3 N–H and O–H groups in total. The van der Waals surface area contributed by atoms with E-state index in [1.807, 2.05) is 24.4 Å². The van der Waals surface area contributed by atoms with Crippen LogP contribution in [0.1, 0.15) is 26.0 Å². The van der Waals surface area contributed by atoms with Crippen LogP contribution in [-0.2, 0) is 11.3 Å². The fourth-order valence-corrected chi connectivity index (χ4v) is 4.26. The molecule has 5 rings (SSSR count). The molecule has 0 fully saturated rings. The molecule has 0 saturated heterocycles. The molecule has 1 aromatic carbocycles. The predicted octanol–water partition coefficient (Wildman–Crippen LogP) is 4.59. The highest BCUT2D eigenvalue weighted by molar-refractivity contribution is 6.07. The molecule has 0 atom stereocenters. The van der Waals surface area contributed by atoms with E-state index >= 15 is 0 Å². The number of nitrogens with one attached hydrogen (secondary N) is 1. The van der Waals surface area contributed by atoms with Crippen molar-refractivity contribution in [3.8, 4) is 11.1 Å². The lowest BCUT2D eigenvalue weighted by Gasteiger charge is -2.21. The molecule has 0 radical (unpaired) electrons. The van der Waals surface area contributed by atoms with Gasteiger partial charge in [0.15, 0.2) is 0 Å². The molecule has 168 valence electrons. The van der Waals surface area contributed by atoms with Gasteiger partial charge in [-0.1, -0.05) is 44.7 Å². The van der Waals surface area contributed by atoms with E-state index in [1.165, 1.54) is 17.3 Å². The second-order valence-corrected chi connectivity index (χ2v) is 8.17. The van der Waals surface area contributed by atoms with Gasteiger partial charge in [0.1, 0.15) is 17.8 Å². The van der Waals surface area contributed by atoms with Crippen LogP contribution in [0.25, 0.3) is 38.6 Å². The summed E-state index contributed by atoms with van der Waals surface area (Å²) in [6.45, 7) is 8.59. The number of fused-ring (bicyclic) bond motifs is 4. The first-order chi connectivity index (χ1) is 16.0. The van der Waals surface area contributed by atoms with Crippen molar-refractivity contribution in [2.45, 2.75) is 26.8 Å². The number of benzene rings is 1. The van der Waals surface area contributed by atoms with Gasteiger partial charge in [0, 0.05) is 36.3 Å². The number of aromatic nitrogens is 4. The Morgan fingerprint density at radius 1 is 1.24 bits per heavy atom. The van der Waals surface area contributed by atoms with Crippen LogP contribution in [0, 0.1) is 5.92 Å². The summed E-state index contributed by atoms with van der Waals surface area (Å²) in [4.78, 5) is 23.5. The third-order valence-corrected chi connectivity index (χ3v) is 5.79. The summed E-state index contributed by atoms with van der Waals surface area (Å²) in [5.41, 5.74) is 12.9. The molecule has 3 aromatic heterocycles. The Bertz CT molecular complexity index is 1380. The van der Waals surface area contributed by atoms with Crippen LogP contribution in [-0.4, -0.2) is 32.5 Å². The number of carbonyl (C=O) groups excluding carboxylic acids is 1. The van der Waals surface area contributed by atoms with E-state index in [0.29, 0.717) is 11.7 Å². The molecule has 7 nitrogen and oxygen atoms in total. The molecule has 7 heteroatoms. The van der Waals surface area contributed by atoms with Crippen LogP contribution in [0.3, 0.4) is 0 Å². The molecule has 0 aliphatic carbocycles. The van der Waals surface area contributed by atoms with Crippen molar-refractivity contribution in [1.29, 1.82) is 0 Å². The number of hydrogen-bond acceptors (Lipinski definition) is 5. The lowest BCUT2D eigenvalue weighted by atomic mass is 9.91. The standard InChI is InChI=1S/C22H21N5.C4H7NO/c1-13(2)16-7-5-9-27-20(16)18(19-21(23)25-12-26-22(19)27)15-10-14-6-3-4-8-17(14)24-11-15;1-3-4(6)5-2/h3-4,6-8,10-13H,5,9H2,1-2H3,(H2,23,25,26);3H,1H2,2H3,(H,5,6). The number of para-hydroxylation sites is 1. The Labute approximate surface area is 193 Å². The van der Waals surface area contributed by atoms with Gasteiger partial charge in [0.25, 0.3) is 0 Å². The van der Waals surface area contributed by atoms with Gasteiger partial charge in [0.2, 0.25) is 5.91 Å².